The molecule has 0 aromatic rings. The predicted octanol–water partition coefficient (Wildman–Crippen LogP) is 1.63. The molecule has 0 bridgehead atoms. The lowest BCUT2D eigenvalue weighted by molar-refractivity contribution is -0.163. The smallest absolute Gasteiger partial charge is 0.322 e. The molecule has 0 aromatic heterocycles. The minimum atomic E-state index is -1.03. The summed E-state index contributed by atoms with van der Waals surface area (Å²) in [7, 11) is 0. The van der Waals surface area contributed by atoms with Gasteiger partial charge in [-0.05, 0) is 38.5 Å². The predicted molar refractivity (Wildman–Crippen MR) is 111 cm³/mol. The van der Waals surface area contributed by atoms with E-state index < -0.39 is 41.9 Å². The van der Waals surface area contributed by atoms with Crippen molar-refractivity contribution in [2.24, 2.45) is 11.8 Å². The van der Waals surface area contributed by atoms with E-state index in [4.69, 9.17) is 9.84 Å². The van der Waals surface area contributed by atoms with Gasteiger partial charge in [0.1, 0.15) is 12.1 Å². The molecule has 0 unspecified atom stereocenters. The van der Waals surface area contributed by atoms with Gasteiger partial charge in [0.05, 0.1) is 5.92 Å². The summed E-state index contributed by atoms with van der Waals surface area (Å²) < 4.78 is 5.50. The lowest BCUT2D eigenvalue weighted by Gasteiger charge is -2.34. The number of hydrogen-bond acceptors (Lipinski definition) is 6. The Morgan fingerprint density at radius 3 is 2.50 bits per heavy atom. The number of nitrogens with one attached hydrogen (secondary N) is 2. The highest BCUT2D eigenvalue weighted by Gasteiger charge is 2.34. The van der Waals surface area contributed by atoms with Gasteiger partial charge in [0.2, 0.25) is 0 Å². The third-order valence-electron chi connectivity index (χ3n) is 5.01. The van der Waals surface area contributed by atoms with Gasteiger partial charge in [-0.25, -0.2) is 5.43 Å². The SMILES string of the molecule is C=CC[C@@H](CCC)C(=O)O[C@H](C(=O)N[C@@H](C)C(=O)N1CCC[C@@H](C(=O)O)N1)C(C)C. The molecule has 0 aliphatic carbocycles. The summed E-state index contributed by atoms with van der Waals surface area (Å²) in [4.78, 5) is 49.0. The second kappa shape index (κ2) is 12.3. The molecule has 170 valence electrons. The molecule has 1 fully saturated rings. The highest BCUT2D eigenvalue weighted by atomic mass is 16.5. The van der Waals surface area contributed by atoms with Crippen molar-refractivity contribution in [2.75, 3.05) is 6.54 Å². The zero-order valence-electron chi connectivity index (χ0n) is 18.3. The van der Waals surface area contributed by atoms with Crippen LogP contribution in [0.3, 0.4) is 0 Å². The summed E-state index contributed by atoms with van der Waals surface area (Å²) in [5.74, 6) is -3.12. The summed E-state index contributed by atoms with van der Waals surface area (Å²) in [5.41, 5.74) is 2.67. The normalized spacial score (nSPS) is 19.5. The van der Waals surface area contributed by atoms with Crippen molar-refractivity contribution in [3.05, 3.63) is 12.7 Å². The van der Waals surface area contributed by atoms with Crippen LogP contribution >= 0.6 is 0 Å². The molecule has 9 heteroatoms. The van der Waals surface area contributed by atoms with Crippen LogP contribution in [0.15, 0.2) is 12.7 Å². The van der Waals surface area contributed by atoms with Crippen LogP contribution in [-0.4, -0.2) is 58.6 Å². The Kier molecular flexibility index (Phi) is 10.5. The van der Waals surface area contributed by atoms with Crippen molar-refractivity contribution in [1.29, 1.82) is 0 Å². The minimum Gasteiger partial charge on any atom is -0.480 e. The molecule has 1 aliphatic heterocycles. The van der Waals surface area contributed by atoms with Crippen molar-refractivity contribution in [3.63, 3.8) is 0 Å². The molecule has 0 aromatic carbocycles. The molecule has 0 saturated carbocycles. The van der Waals surface area contributed by atoms with E-state index in [1.54, 1.807) is 19.9 Å². The first-order valence-corrected chi connectivity index (χ1v) is 10.5. The number of ether oxygens (including phenoxy) is 1. The summed E-state index contributed by atoms with van der Waals surface area (Å²) in [6, 6.07) is -1.74. The van der Waals surface area contributed by atoms with Crippen LogP contribution in [0.25, 0.3) is 0 Å². The average molecular weight is 426 g/mol. The van der Waals surface area contributed by atoms with Gasteiger partial charge in [0.15, 0.2) is 6.10 Å². The van der Waals surface area contributed by atoms with Gasteiger partial charge >= 0.3 is 11.9 Å². The summed E-state index contributed by atoms with van der Waals surface area (Å²) in [6.45, 7) is 11.0. The first kappa shape index (κ1) is 25.6. The summed E-state index contributed by atoms with van der Waals surface area (Å²) >= 11 is 0. The fraction of sp³-hybridized carbons (Fsp3) is 0.714. The van der Waals surface area contributed by atoms with Crippen molar-refractivity contribution in [3.8, 4) is 0 Å². The number of rotatable bonds is 11. The highest BCUT2D eigenvalue weighted by molar-refractivity contribution is 5.90. The molecule has 1 aliphatic rings. The minimum absolute atomic E-state index is 0.285. The largest absolute Gasteiger partial charge is 0.480 e. The van der Waals surface area contributed by atoms with Gasteiger partial charge in [-0.15, -0.1) is 6.58 Å². The van der Waals surface area contributed by atoms with Crippen molar-refractivity contribution < 1.29 is 29.0 Å². The molecule has 1 saturated heterocycles. The number of carboxylic acid groups (broad SMARTS) is 1. The number of hydrazine groups is 1. The molecule has 4 atom stereocenters. The first-order chi connectivity index (χ1) is 14.1. The molecule has 30 heavy (non-hydrogen) atoms. The topological polar surface area (TPSA) is 125 Å². The number of nitrogens with zero attached hydrogens (tertiary/aromatic N) is 1. The third-order valence-corrected chi connectivity index (χ3v) is 5.01. The average Bonchev–Trinajstić information content (AvgIpc) is 2.70. The van der Waals surface area contributed by atoms with E-state index in [0.29, 0.717) is 32.2 Å². The number of hydrogen-bond donors (Lipinski definition) is 3. The molecule has 1 heterocycles. The number of esters is 1. The second-order valence-corrected chi connectivity index (χ2v) is 7.99. The Hall–Kier alpha value is -2.42. The van der Waals surface area contributed by atoms with Crippen LogP contribution in [0, 0.1) is 11.8 Å². The van der Waals surface area contributed by atoms with E-state index in [0.717, 1.165) is 6.42 Å². The first-order valence-electron chi connectivity index (χ1n) is 10.5. The fourth-order valence-electron chi connectivity index (χ4n) is 3.31. The monoisotopic (exact) mass is 425 g/mol. The van der Waals surface area contributed by atoms with E-state index in [2.05, 4.69) is 17.3 Å². The fourth-order valence-corrected chi connectivity index (χ4v) is 3.31. The van der Waals surface area contributed by atoms with Crippen LogP contribution in [0.2, 0.25) is 0 Å². The number of amides is 2. The molecule has 3 N–H and O–H groups in total. The number of aliphatic carboxylic acids is 1. The number of carbonyl (C=O) groups is 4. The Morgan fingerprint density at radius 1 is 1.30 bits per heavy atom. The van der Waals surface area contributed by atoms with Gasteiger partial charge in [-0.3, -0.25) is 24.2 Å². The molecule has 2 amide bonds. The zero-order chi connectivity index (χ0) is 22.8. The molecular weight excluding hydrogens is 390 g/mol. The summed E-state index contributed by atoms with van der Waals surface area (Å²) in [5, 5.41) is 13.0. The Morgan fingerprint density at radius 2 is 1.97 bits per heavy atom. The van der Waals surface area contributed by atoms with Crippen LogP contribution in [0.1, 0.15) is 59.8 Å². The van der Waals surface area contributed by atoms with E-state index in [-0.39, 0.29) is 11.8 Å². The van der Waals surface area contributed by atoms with Crippen molar-refractivity contribution in [1.82, 2.24) is 15.8 Å². The molecule has 0 spiro atoms. The number of carbonyl (C=O) groups excluding carboxylic acids is 3. The Labute approximate surface area is 178 Å². The van der Waals surface area contributed by atoms with Gasteiger partial charge in [-0.1, -0.05) is 33.3 Å². The Bertz CT molecular complexity index is 636. The molecule has 9 nitrogen and oxygen atoms in total. The third kappa shape index (κ3) is 7.44. The van der Waals surface area contributed by atoms with E-state index in [1.165, 1.54) is 11.9 Å². The van der Waals surface area contributed by atoms with Crippen molar-refractivity contribution >= 4 is 23.8 Å². The number of carboxylic acids is 1. The maximum Gasteiger partial charge on any atom is 0.322 e. The van der Waals surface area contributed by atoms with Gasteiger partial charge < -0.3 is 15.2 Å². The lowest BCUT2D eigenvalue weighted by Crippen LogP contribution is -2.60. The second-order valence-electron chi connectivity index (χ2n) is 7.99. The van der Waals surface area contributed by atoms with Crippen LogP contribution in [0.4, 0.5) is 0 Å². The molecule has 0 radical (unpaired) electrons. The van der Waals surface area contributed by atoms with Crippen LogP contribution in [-0.2, 0) is 23.9 Å². The maximum absolute atomic E-state index is 12.7. The van der Waals surface area contributed by atoms with Gasteiger partial charge in [0.25, 0.3) is 11.8 Å². The quantitative estimate of drug-likeness (QED) is 0.339. The molecular formula is C21H35N3O6. The molecule has 1 rings (SSSR count). The number of allylic oxidation sites excluding steroid dienone is 1. The maximum atomic E-state index is 12.7. The van der Waals surface area contributed by atoms with E-state index in [9.17, 15) is 19.2 Å². The van der Waals surface area contributed by atoms with E-state index >= 15 is 0 Å². The van der Waals surface area contributed by atoms with Gasteiger partial charge in [-0.2, -0.15) is 0 Å². The standard InChI is InChI=1S/C21H35N3O6/c1-6-9-15(10-7-2)21(29)30-17(13(3)4)18(25)22-14(5)19(26)24-12-8-11-16(23-24)20(27)28/h6,13-17,23H,1,7-12H2,2-5H3,(H,22,25)(H,27,28)/t14-,15-,16-,17-/m0/s1. The Balaban J connectivity index is 2.75. The van der Waals surface area contributed by atoms with Gasteiger partial charge in [0, 0.05) is 6.54 Å². The van der Waals surface area contributed by atoms with Crippen molar-refractivity contribution in [2.45, 2.75) is 78.0 Å². The lowest BCUT2D eigenvalue weighted by atomic mass is 9.99. The highest BCUT2D eigenvalue weighted by Crippen LogP contribution is 2.18. The van der Waals surface area contributed by atoms with Crippen LogP contribution in [0.5, 0.6) is 0 Å². The van der Waals surface area contributed by atoms with Crippen LogP contribution < -0.4 is 10.7 Å². The zero-order valence-corrected chi connectivity index (χ0v) is 18.3. The summed E-state index contributed by atoms with van der Waals surface area (Å²) in [6.07, 6.45) is 3.51. The van der Waals surface area contributed by atoms with E-state index in [1.807, 2.05) is 6.92 Å².